The van der Waals surface area contributed by atoms with Gasteiger partial charge in [-0.1, -0.05) is 41.9 Å². The predicted molar refractivity (Wildman–Crippen MR) is 122 cm³/mol. The number of amides is 1. The lowest BCUT2D eigenvalue weighted by atomic mass is 10.1. The number of esters is 1. The number of hydrogen-bond donors (Lipinski definition) is 2. The molecule has 0 bridgehead atoms. The Labute approximate surface area is 188 Å². The molecule has 0 spiro atoms. The van der Waals surface area contributed by atoms with Crippen LogP contribution < -0.4 is 10.6 Å². The molecule has 2 atom stereocenters. The van der Waals surface area contributed by atoms with Crippen molar-refractivity contribution in [3.8, 4) is 0 Å². The van der Waals surface area contributed by atoms with Crippen molar-refractivity contribution < 1.29 is 14.3 Å². The van der Waals surface area contributed by atoms with Gasteiger partial charge < -0.3 is 15.4 Å². The van der Waals surface area contributed by atoms with Crippen molar-refractivity contribution in [2.45, 2.75) is 51.5 Å². The molecule has 0 radical (unpaired) electrons. The number of carbonyl (C=O) groups excluding carboxylic acids is 2. The van der Waals surface area contributed by atoms with Crippen molar-refractivity contribution in [1.82, 2.24) is 15.5 Å². The molecule has 2 aromatic carbocycles. The van der Waals surface area contributed by atoms with Crippen LogP contribution in [0.15, 0.2) is 48.5 Å². The standard InChI is InChI=1S/C24H30ClN3O3/c1-16(2)27-23(29)22-12-20(15-28(22)14-19-6-4-5-7-21(19)25)26-13-17-8-10-18(11-9-17)24(30)31-3/h4-11,16,20,22,26H,12-15H2,1-3H3,(H,27,29)/t20-,22-/m0/s1. The Morgan fingerprint density at radius 1 is 1.16 bits per heavy atom. The Balaban J connectivity index is 1.65. The Hall–Kier alpha value is -2.41. The number of rotatable bonds is 8. The maximum absolute atomic E-state index is 12.8. The van der Waals surface area contributed by atoms with Gasteiger partial charge >= 0.3 is 5.97 Å². The fraction of sp³-hybridized carbons (Fsp3) is 0.417. The highest BCUT2D eigenvalue weighted by Crippen LogP contribution is 2.24. The van der Waals surface area contributed by atoms with E-state index in [0.717, 1.165) is 24.1 Å². The molecule has 1 fully saturated rings. The lowest BCUT2D eigenvalue weighted by Gasteiger charge is -2.24. The highest BCUT2D eigenvalue weighted by Gasteiger charge is 2.36. The fourth-order valence-corrected chi connectivity index (χ4v) is 4.06. The van der Waals surface area contributed by atoms with Crippen LogP contribution in [0.1, 0.15) is 41.8 Å². The summed E-state index contributed by atoms with van der Waals surface area (Å²) in [6.07, 6.45) is 0.725. The second-order valence-corrected chi connectivity index (χ2v) is 8.61. The number of carbonyl (C=O) groups is 2. The van der Waals surface area contributed by atoms with E-state index in [4.69, 9.17) is 16.3 Å². The molecule has 3 rings (SSSR count). The van der Waals surface area contributed by atoms with E-state index in [1.165, 1.54) is 7.11 Å². The van der Waals surface area contributed by atoms with Crippen LogP contribution in [0.3, 0.4) is 0 Å². The molecule has 1 aliphatic rings. The van der Waals surface area contributed by atoms with Crippen LogP contribution in [0.4, 0.5) is 0 Å². The largest absolute Gasteiger partial charge is 0.465 e. The molecule has 6 nitrogen and oxygen atoms in total. The van der Waals surface area contributed by atoms with Crippen molar-refractivity contribution in [2.24, 2.45) is 0 Å². The van der Waals surface area contributed by atoms with E-state index in [9.17, 15) is 9.59 Å². The average Bonchev–Trinajstić information content (AvgIpc) is 3.16. The van der Waals surface area contributed by atoms with Gasteiger partial charge in [-0.3, -0.25) is 9.69 Å². The SMILES string of the molecule is COC(=O)c1ccc(CN[C@H]2C[C@@H](C(=O)NC(C)C)N(Cc3ccccc3Cl)C2)cc1. The lowest BCUT2D eigenvalue weighted by molar-refractivity contribution is -0.126. The summed E-state index contributed by atoms with van der Waals surface area (Å²) in [6, 6.07) is 15.2. The van der Waals surface area contributed by atoms with E-state index >= 15 is 0 Å². The summed E-state index contributed by atoms with van der Waals surface area (Å²) in [5.74, 6) is -0.293. The molecule has 1 saturated heterocycles. The highest BCUT2D eigenvalue weighted by molar-refractivity contribution is 6.31. The molecule has 1 amide bonds. The van der Waals surface area contributed by atoms with Gasteiger partial charge in [0.2, 0.25) is 5.91 Å². The molecular weight excluding hydrogens is 414 g/mol. The van der Waals surface area contributed by atoms with Crippen molar-refractivity contribution in [2.75, 3.05) is 13.7 Å². The molecule has 0 unspecified atom stereocenters. The number of nitrogens with zero attached hydrogens (tertiary/aromatic N) is 1. The van der Waals surface area contributed by atoms with Crippen LogP contribution in [0.2, 0.25) is 5.02 Å². The quantitative estimate of drug-likeness (QED) is 0.612. The molecule has 2 N–H and O–H groups in total. The third-order valence-corrected chi connectivity index (χ3v) is 5.81. The van der Waals surface area contributed by atoms with Crippen LogP contribution >= 0.6 is 11.6 Å². The summed E-state index contributed by atoms with van der Waals surface area (Å²) in [5.41, 5.74) is 2.62. The number of methoxy groups -OCH3 is 1. The maximum atomic E-state index is 12.8. The van der Waals surface area contributed by atoms with Crippen LogP contribution in [-0.2, 0) is 22.6 Å². The van der Waals surface area contributed by atoms with Gasteiger partial charge in [0.15, 0.2) is 0 Å². The summed E-state index contributed by atoms with van der Waals surface area (Å²) in [5, 5.41) is 7.32. The van der Waals surface area contributed by atoms with Crippen LogP contribution in [-0.4, -0.2) is 48.6 Å². The molecule has 1 heterocycles. The van der Waals surface area contributed by atoms with Crippen molar-refractivity contribution >= 4 is 23.5 Å². The van der Waals surface area contributed by atoms with Crippen LogP contribution in [0.5, 0.6) is 0 Å². The Kier molecular flexibility index (Phi) is 8.07. The third-order valence-electron chi connectivity index (χ3n) is 5.44. The first-order valence-corrected chi connectivity index (χ1v) is 10.9. The second-order valence-electron chi connectivity index (χ2n) is 8.20. The molecule has 1 aliphatic heterocycles. The number of nitrogens with one attached hydrogen (secondary N) is 2. The van der Waals surface area contributed by atoms with E-state index in [-0.39, 0.29) is 30.0 Å². The normalized spacial score (nSPS) is 18.9. The minimum absolute atomic E-state index is 0.0498. The highest BCUT2D eigenvalue weighted by atomic mass is 35.5. The molecule has 31 heavy (non-hydrogen) atoms. The Morgan fingerprint density at radius 3 is 2.52 bits per heavy atom. The molecular formula is C24H30ClN3O3. The van der Waals surface area contributed by atoms with Gasteiger partial charge in [-0.2, -0.15) is 0 Å². The summed E-state index contributed by atoms with van der Waals surface area (Å²) in [7, 11) is 1.37. The Morgan fingerprint density at radius 2 is 1.87 bits per heavy atom. The molecule has 166 valence electrons. The van der Waals surface area contributed by atoms with Crippen molar-refractivity contribution in [1.29, 1.82) is 0 Å². The Bertz CT molecular complexity index is 901. The van der Waals surface area contributed by atoms with E-state index in [1.807, 2.05) is 50.2 Å². The number of halogens is 1. The van der Waals surface area contributed by atoms with Gasteiger partial charge in [-0.15, -0.1) is 0 Å². The first-order valence-electron chi connectivity index (χ1n) is 10.6. The molecule has 7 heteroatoms. The van der Waals surface area contributed by atoms with Crippen LogP contribution in [0.25, 0.3) is 0 Å². The van der Waals surface area contributed by atoms with E-state index in [1.54, 1.807) is 12.1 Å². The topological polar surface area (TPSA) is 70.7 Å². The third kappa shape index (κ3) is 6.29. The van der Waals surface area contributed by atoms with E-state index in [2.05, 4.69) is 15.5 Å². The number of hydrogen-bond acceptors (Lipinski definition) is 5. The minimum Gasteiger partial charge on any atom is -0.465 e. The monoisotopic (exact) mass is 443 g/mol. The van der Waals surface area contributed by atoms with E-state index in [0.29, 0.717) is 23.7 Å². The number of ether oxygens (including phenoxy) is 1. The van der Waals surface area contributed by atoms with Gasteiger partial charge in [-0.25, -0.2) is 4.79 Å². The van der Waals surface area contributed by atoms with Gasteiger partial charge in [-0.05, 0) is 49.6 Å². The zero-order valence-corrected chi connectivity index (χ0v) is 19.0. The predicted octanol–water partition coefficient (Wildman–Crippen LogP) is 3.38. The van der Waals surface area contributed by atoms with Crippen LogP contribution in [0, 0.1) is 0 Å². The molecule has 2 aromatic rings. The zero-order valence-electron chi connectivity index (χ0n) is 18.2. The fourth-order valence-electron chi connectivity index (χ4n) is 3.86. The average molecular weight is 444 g/mol. The molecule has 0 aliphatic carbocycles. The molecule has 0 aromatic heterocycles. The van der Waals surface area contributed by atoms with Crippen molar-refractivity contribution in [3.05, 3.63) is 70.2 Å². The van der Waals surface area contributed by atoms with Gasteiger partial charge in [0, 0.05) is 36.7 Å². The van der Waals surface area contributed by atoms with Gasteiger partial charge in [0.05, 0.1) is 18.7 Å². The minimum atomic E-state index is -0.343. The number of benzene rings is 2. The lowest BCUT2D eigenvalue weighted by Crippen LogP contribution is -2.45. The maximum Gasteiger partial charge on any atom is 0.337 e. The number of likely N-dealkylation sites (tertiary alicyclic amines) is 1. The van der Waals surface area contributed by atoms with Crippen molar-refractivity contribution in [3.63, 3.8) is 0 Å². The van der Waals surface area contributed by atoms with Gasteiger partial charge in [0.1, 0.15) is 0 Å². The smallest absolute Gasteiger partial charge is 0.337 e. The van der Waals surface area contributed by atoms with Gasteiger partial charge in [0.25, 0.3) is 0 Å². The molecule has 0 saturated carbocycles. The second kappa shape index (κ2) is 10.8. The summed E-state index contributed by atoms with van der Waals surface area (Å²) >= 11 is 6.36. The summed E-state index contributed by atoms with van der Waals surface area (Å²) < 4.78 is 4.74. The first-order chi connectivity index (χ1) is 14.9. The first kappa shape index (κ1) is 23.3. The summed E-state index contributed by atoms with van der Waals surface area (Å²) in [4.78, 5) is 26.6. The van der Waals surface area contributed by atoms with E-state index < -0.39 is 0 Å². The summed E-state index contributed by atoms with van der Waals surface area (Å²) in [6.45, 7) is 5.98. The zero-order chi connectivity index (χ0) is 22.4.